The van der Waals surface area contributed by atoms with E-state index in [-0.39, 0.29) is 22.6 Å². The number of nitrogens with zero attached hydrogens (tertiary/aromatic N) is 3. The Morgan fingerprint density at radius 3 is 2.78 bits per heavy atom. The Balaban J connectivity index is 1.74. The predicted molar refractivity (Wildman–Crippen MR) is 124 cm³/mol. The van der Waals surface area contributed by atoms with Gasteiger partial charge in [0, 0.05) is 49.3 Å². The number of fused-ring (bicyclic) bond motifs is 2. The zero-order valence-electron chi connectivity index (χ0n) is 17.8. The highest BCUT2D eigenvalue weighted by atomic mass is 16.5. The fourth-order valence-electron chi connectivity index (χ4n) is 4.49. The van der Waals surface area contributed by atoms with Gasteiger partial charge in [-0.2, -0.15) is 0 Å². The maximum atomic E-state index is 13.0. The lowest BCUT2D eigenvalue weighted by atomic mass is 10.1. The van der Waals surface area contributed by atoms with E-state index in [4.69, 9.17) is 15.5 Å². The number of H-pyrrole nitrogens is 1. The minimum atomic E-state index is -0.737. The topological polar surface area (TPSA) is 114 Å². The number of nitrogens with one attached hydrogen (secondary N) is 1. The number of pyridine rings is 3. The molecule has 8 heteroatoms. The van der Waals surface area contributed by atoms with Crippen molar-refractivity contribution in [3.05, 3.63) is 64.6 Å². The van der Waals surface area contributed by atoms with E-state index in [1.807, 2.05) is 30.3 Å². The molecule has 1 saturated heterocycles. The number of benzene rings is 1. The van der Waals surface area contributed by atoms with Gasteiger partial charge >= 0.3 is 0 Å². The second-order valence-corrected chi connectivity index (χ2v) is 8.20. The normalized spacial score (nSPS) is 18.5. The SMILES string of the molecule is CO[C@@H]1CN(c2nc3ccccc3cc2-c2cc(=O)c3c(C(N)=O)nccc3[nH]2)C[C@H]1C. The van der Waals surface area contributed by atoms with Gasteiger partial charge in [0.05, 0.1) is 28.2 Å². The predicted octanol–water partition coefficient (Wildman–Crippen LogP) is 2.71. The van der Waals surface area contributed by atoms with E-state index in [2.05, 4.69) is 21.8 Å². The Morgan fingerprint density at radius 1 is 1.22 bits per heavy atom. The molecule has 5 rings (SSSR count). The van der Waals surface area contributed by atoms with Crippen molar-refractivity contribution in [1.82, 2.24) is 15.0 Å². The van der Waals surface area contributed by atoms with Crippen LogP contribution in [0.25, 0.3) is 33.1 Å². The molecule has 4 heterocycles. The van der Waals surface area contributed by atoms with Gasteiger partial charge in [0.25, 0.3) is 5.91 Å². The number of hydrogen-bond acceptors (Lipinski definition) is 6. The minimum absolute atomic E-state index is 0.0385. The summed E-state index contributed by atoms with van der Waals surface area (Å²) in [5, 5.41) is 1.16. The fourth-order valence-corrected chi connectivity index (χ4v) is 4.49. The Bertz CT molecular complexity index is 1410. The third kappa shape index (κ3) is 3.29. The van der Waals surface area contributed by atoms with Gasteiger partial charge in [-0.05, 0) is 18.2 Å². The van der Waals surface area contributed by atoms with Gasteiger partial charge in [-0.1, -0.05) is 25.1 Å². The van der Waals surface area contributed by atoms with Crippen molar-refractivity contribution in [1.29, 1.82) is 0 Å². The summed E-state index contributed by atoms with van der Waals surface area (Å²) >= 11 is 0. The standard InChI is InChI=1S/C24H23N5O3/c1-13-11-29(12-20(13)32-2)24-15(9-14-5-3-4-6-16(14)28-24)18-10-19(30)21-17(27-18)7-8-26-22(21)23(25)31/h3-10,13,20H,11-12H2,1-2H3,(H2,25,31)(H,27,30)/t13-,20-/m1/s1. The van der Waals surface area contributed by atoms with Crippen molar-refractivity contribution >= 4 is 33.5 Å². The number of aromatic amines is 1. The van der Waals surface area contributed by atoms with Crippen LogP contribution < -0.4 is 16.1 Å². The Hall–Kier alpha value is -3.78. The molecule has 0 spiro atoms. The van der Waals surface area contributed by atoms with E-state index in [1.165, 1.54) is 12.3 Å². The van der Waals surface area contributed by atoms with E-state index in [1.54, 1.807) is 13.2 Å². The molecule has 1 amide bonds. The smallest absolute Gasteiger partial charge is 0.268 e. The van der Waals surface area contributed by atoms with Crippen LogP contribution in [0.2, 0.25) is 0 Å². The molecule has 3 aromatic heterocycles. The van der Waals surface area contributed by atoms with Crippen LogP contribution in [-0.4, -0.2) is 47.2 Å². The molecule has 1 aliphatic heterocycles. The third-order valence-corrected chi connectivity index (χ3v) is 6.12. The van der Waals surface area contributed by atoms with Crippen LogP contribution in [0.1, 0.15) is 17.4 Å². The minimum Gasteiger partial charge on any atom is -0.379 e. The Kier molecular flexibility index (Phi) is 4.86. The molecule has 8 nitrogen and oxygen atoms in total. The number of hydrogen-bond donors (Lipinski definition) is 2. The maximum absolute atomic E-state index is 13.0. The summed E-state index contributed by atoms with van der Waals surface area (Å²) < 4.78 is 5.64. The Labute approximate surface area is 184 Å². The second kappa shape index (κ2) is 7.72. The maximum Gasteiger partial charge on any atom is 0.268 e. The van der Waals surface area contributed by atoms with Crippen LogP contribution >= 0.6 is 0 Å². The molecule has 1 aromatic carbocycles. The summed E-state index contributed by atoms with van der Waals surface area (Å²) in [4.78, 5) is 39.2. The molecule has 0 radical (unpaired) electrons. The van der Waals surface area contributed by atoms with E-state index in [0.29, 0.717) is 23.7 Å². The molecule has 0 unspecified atom stereocenters. The number of nitrogens with two attached hydrogens (primary N) is 1. The van der Waals surface area contributed by atoms with Crippen LogP contribution in [0.15, 0.2) is 53.5 Å². The third-order valence-electron chi connectivity index (χ3n) is 6.12. The van der Waals surface area contributed by atoms with E-state index >= 15 is 0 Å². The first-order valence-electron chi connectivity index (χ1n) is 10.5. The number of carbonyl (C=O) groups is 1. The highest BCUT2D eigenvalue weighted by Crippen LogP contribution is 2.35. The second-order valence-electron chi connectivity index (χ2n) is 8.20. The van der Waals surface area contributed by atoms with Gasteiger partial charge in [0.1, 0.15) is 11.5 Å². The summed E-state index contributed by atoms with van der Waals surface area (Å²) in [6.45, 7) is 3.67. The number of carbonyl (C=O) groups excluding carboxylic acids is 1. The molecule has 3 N–H and O–H groups in total. The summed E-state index contributed by atoms with van der Waals surface area (Å²) in [6.07, 6.45) is 1.57. The molecule has 0 aliphatic carbocycles. The monoisotopic (exact) mass is 429 g/mol. The van der Waals surface area contributed by atoms with Crippen molar-refractivity contribution in [2.24, 2.45) is 11.7 Å². The number of para-hydroxylation sites is 1. The number of anilines is 1. The van der Waals surface area contributed by atoms with Crippen molar-refractivity contribution in [3.63, 3.8) is 0 Å². The van der Waals surface area contributed by atoms with Crippen molar-refractivity contribution in [3.8, 4) is 11.3 Å². The zero-order chi connectivity index (χ0) is 22.4. The fraction of sp³-hybridized carbons (Fsp3) is 0.250. The van der Waals surface area contributed by atoms with Crippen LogP contribution in [0.4, 0.5) is 5.82 Å². The summed E-state index contributed by atoms with van der Waals surface area (Å²) in [6, 6.07) is 13.1. The van der Waals surface area contributed by atoms with Crippen molar-refractivity contribution < 1.29 is 9.53 Å². The molecule has 4 aromatic rings. The molecule has 162 valence electrons. The van der Waals surface area contributed by atoms with Crippen LogP contribution in [-0.2, 0) is 4.74 Å². The van der Waals surface area contributed by atoms with Crippen LogP contribution in [0.3, 0.4) is 0 Å². The number of rotatable bonds is 4. The molecule has 1 fully saturated rings. The van der Waals surface area contributed by atoms with Crippen molar-refractivity contribution in [2.75, 3.05) is 25.1 Å². The van der Waals surface area contributed by atoms with Gasteiger partial charge in [0.15, 0.2) is 5.43 Å². The first kappa shape index (κ1) is 20.1. The van der Waals surface area contributed by atoms with E-state index in [9.17, 15) is 9.59 Å². The lowest BCUT2D eigenvalue weighted by Crippen LogP contribution is -2.24. The van der Waals surface area contributed by atoms with Crippen molar-refractivity contribution in [2.45, 2.75) is 13.0 Å². The molecule has 0 saturated carbocycles. The molecule has 32 heavy (non-hydrogen) atoms. The van der Waals surface area contributed by atoms with Gasteiger partial charge < -0.3 is 20.4 Å². The highest BCUT2D eigenvalue weighted by molar-refractivity contribution is 6.04. The number of aromatic nitrogens is 3. The number of primary amides is 1. The van der Waals surface area contributed by atoms with Gasteiger partial charge in [-0.3, -0.25) is 14.6 Å². The lowest BCUT2D eigenvalue weighted by Gasteiger charge is -2.22. The largest absolute Gasteiger partial charge is 0.379 e. The number of methoxy groups -OCH3 is 1. The summed E-state index contributed by atoms with van der Waals surface area (Å²) in [5.41, 5.74) is 7.87. The molecule has 0 bridgehead atoms. The molecular formula is C24H23N5O3. The number of ether oxygens (including phenoxy) is 1. The average molecular weight is 429 g/mol. The lowest BCUT2D eigenvalue weighted by molar-refractivity contribution is 0.0899. The molecular weight excluding hydrogens is 406 g/mol. The van der Waals surface area contributed by atoms with E-state index < -0.39 is 5.91 Å². The Morgan fingerprint density at radius 2 is 2.03 bits per heavy atom. The van der Waals surface area contributed by atoms with Crippen LogP contribution in [0, 0.1) is 5.92 Å². The molecule has 2 atom stereocenters. The van der Waals surface area contributed by atoms with Crippen LogP contribution in [0.5, 0.6) is 0 Å². The summed E-state index contributed by atoms with van der Waals surface area (Å²) in [5.74, 6) is 0.397. The van der Waals surface area contributed by atoms with Gasteiger partial charge in [0.2, 0.25) is 0 Å². The molecule has 1 aliphatic rings. The summed E-state index contributed by atoms with van der Waals surface area (Å²) in [7, 11) is 1.73. The average Bonchev–Trinajstić information content (AvgIpc) is 3.18. The van der Waals surface area contributed by atoms with Gasteiger partial charge in [-0.25, -0.2) is 4.98 Å². The first-order valence-corrected chi connectivity index (χ1v) is 10.5. The quantitative estimate of drug-likeness (QED) is 0.516. The first-order chi connectivity index (χ1) is 15.5. The zero-order valence-corrected chi connectivity index (χ0v) is 17.8. The van der Waals surface area contributed by atoms with E-state index in [0.717, 1.165) is 28.8 Å². The highest BCUT2D eigenvalue weighted by Gasteiger charge is 2.32. The van der Waals surface area contributed by atoms with Gasteiger partial charge in [-0.15, -0.1) is 0 Å². The number of amides is 1.